The molecule has 1 aromatic heterocycles. The molecule has 3 N–H and O–H groups in total. The van der Waals surface area contributed by atoms with Crippen molar-refractivity contribution < 1.29 is 4.74 Å². The highest BCUT2D eigenvalue weighted by Crippen LogP contribution is 2.25. The lowest BCUT2D eigenvalue weighted by molar-refractivity contribution is -0.00548. The number of morpholine rings is 1. The third-order valence-electron chi connectivity index (χ3n) is 3.31. The fourth-order valence-corrected chi connectivity index (χ4v) is 2.73. The van der Waals surface area contributed by atoms with Crippen LogP contribution in [0.2, 0.25) is 0 Å². The minimum atomic E-state index is 0.0757. The number of amidine groups is 1. The zero-order valence-corrected chi connectivity index (χ0v) is 12.0. The molecule has 0 aromatic carbocycles. The summed E-state index contributed by atoms with van der Waals surface area (Å²) in [6, 6.07) is 1.97. The lowest BCUT2D eigenvalue weighted by Crippen LogP contribution is -2.46. The van der Waals surface area contributed by atoms with Crippen molar-refractivity contribution in [3.63, 3.8) is 0 Å². The molecule has 0 radical (unpaired) electrons. The predicted octanol–water partition coefficient (Wildman–Crippen LogP) is 1.60. The molecule has 1 aliphatic heterocycles. The lowest BCUT2D eigenvalue weighted by atomic mass is 10.1. The Morgan fingerprint density at radius 1 is 1.37 bits per heavy atom. The third-order valence-corrected chi connectivity index (χ3v) is 3.31. The van der Waals surface area contributed by atoms with Crippen LogP contribution in [-0.4, -0.2) is 36.1 Å². The molecule has 0 amide bonds. The van der Waals surface area contributed by atoms with Crippen molar-refractivity contribution in [1.82, 2.24) is 4.98 Å². The van der Waals surface area contributed by atoms with Gasteiger partial charge in [-0.1, -0.05) is 0 Å². The molecule has 0 spiro atoms. The summed E-state index contributed by atoms with van der Waals surface area (Å²) in [4.78, 5) is 6.77. The van der Waals surface area contributed by atoms with E-state index in [2.05, 4.69) is 23.7 Å². The normalized spacial score (nSPS) is 23.5. The highest BCUT2D eigenvalue weighted by Gasteiger charge is 2.26. The van der Waals surface area contributed by atoms with Crippen molar-refractivity contribution in [2.75, 3.05) is 18.0 Å². The van der Waals surface area contributed by atoms with Gasteiger partial charge in [0.15, 0.2) is 0 Å². The summed E-state index contributed by atoms with van der Waals surface area (Å²) >= 11 is 0. The standard InChI is InChI=1S/C14H22N4O/c1-8-5-9(2)17-14(12(8)13(15)16)18-6-10(3)19-11(4)7-18/h5,10-11H,6-7H2,1-4H3,(H3,15,16). The van der Waals surface area contributed by atoms with Crippen molar-refractivity contribution >= 4 is 11.7 Å². The number of hydrogen-bond acceptors (Lipinski definition) is 4. The highest BCUT2D eigenvalue weighted by molar-refractivity contribution is 6.01. The second-order valence-electron chi connectivity index (χ2n) is 5.36. The molecule has 2 heterocycles. The number of nitrogen functional groups attached to an aromatic ring is 1. The lowest BCUT2D eigenvalue weighted by Gasteiger charge is -2.37. The largest absolute Gasteiger partial charge is 0.384 e. The Hall–Kier alpha value is -1.62. The van der Waals surface area contributed by atoms with E-state index >= 15 is 0 Å². The minimum Gasteiger partial charge on any atom is -0.384 e. The molecule has 104 valence electrons. The Labute approximate surface area is 114 Å². The van der Waals surface area contributed by atoms with Gasteiger partial charge in [0.25, 0.3) is 0 Å². The molecule has 2 unspecified atom stereocenters. The minimum absolute atomic E-state index is 0.0757. The number of nitrogens with zero attached hydrogens (tertiary/aromatic N) is 2. The van der Waals surface area contributed by atoms with E-state index in [1.165, 1.54) is 0 Å². The third kappa shape index (κ3) is 2.87. The number of aryl methyl sites for hydroxylation is 2. The van der Waals surface area contributed by atoms with Gasteiger partial charge in [0.05, 0.1) is 17.8 Å². The van der Waals surface area contributed by atoms with E-state index in [1.54, 1.807) is 0 Å². The van der Waals surface area contributed by atoms with Gasteiger partial charge in [-0.3, -0.25) is 5.41 Å². The average molecular weight is 262 g/mol. The first-order valence-corrected chi connectivity index (χ1v) is 6.61. The summed E-state index contributed by atoms with van der Waals surface area (Å²) in [6.07, 6.45) is 0.317. The molecule has 0 bridgehead atoms. The second kappa shape index (κ2) is 5.17. The number of aromatic nitrogens is 1. The average Bonchev–Trinajstić information content (AvgIpc) is 2.25. The van der Waals surface area contributed by atoms with E-state index < -0.39 is 0 Å². The first-order chi connectivity index (χ1) is 8.88. The maximum Gasteiger partial charge on any atom is 0.140 e. The second-order valence-corrected chi connectivity index (χ2v) is 5.36. The van der Waals surface area contributed by atoms with Gasteiger partial charge in [-0.15, -0.1) is 0 Å². The summed E-state index contributed by atoms with van der Waals surface area (Å²) in [5.74, 6) is 0.888. The van der Waals surface area contributed by atoms with Crippen LogP contribution in [0.1, 0.15) is 30.7 Å². The zero-order chi connectivity index (χ0) is 14.2. The van der Waals surface area contributed by atoms with Crippen LogP contribution in [0.25, 0.3) is 0 Å². The number of ether oxygens (including phenoxy) is 1. The fraction of sp³-hybridized carbons (Fsp3) is 0.571. The molecule has 1 aromatic rings. The Kier molecular flexibility index (Phi) is 3.75. The van der Waals surface area contributed by atoms with E-state index in [0.29, 0.717) is 0 Å². The van der Waals surface area contributed by atoms with Gasteiger partial charge < -0.3 is 15.4 Å². The Balaban J connectivity index is 2.45. The van der Waals surface area contributed by atoms with Crippen LogP contribution in [-0.2, 0) is 4.74 Å². The predicted molar refractivity (Wildman–Crippen MR) is 76.9 cm³/mol. The van der Waals surface area contributed by atoms with E-state index in [4.69, 9.17) is 15.9 Å². The van der Waals surface area contributed by atoms with Gasteiger partial charge in [0.2, 0.25) is 0 Å². The Bertz CT molecular complexity index is 490. The summed E-state index contributed by atoms with van der Waals surface area (Å²) in [5.41, 5.74) is 8.42. The number of nitrogens with one attached hydrogen (secondary N) is 1. The quantitative estimate of drug-likeness (QED) is 0.627. The van der Waals surface area contributed by atoms with Gasteiger partial charge >= 0.3 is 0 Å². The van der Waals surface area contributed by atoms with Gasteiger partial charge in [0, 0.05) is 18.8 Å². The van der Waals surface area contributed by atoms with Gasteiger partial charge in [-0.05, 0) is 39.3 Å². The van der Waals surface area contributed by atoms with Crippen molar-refractivity contribution in [3.8, 4) is 0 Å². The zero-order valence-electron chi connectivity index (χ0n) is 12.0. The molecule has 1 fully saturated rings. The van der Waals surface area contributed by atoms with Crippen molar-refractivity contribution in [1.29, 1.82) is 5.41 Å². The van der Waals surface area contributed by atoms with Crippen LogP contribution in [0.3, 0.4) is 0 Å². The van der Waals surface area contributed by atoms with Crippen LogP contribution in [0.15, 0.2) is 6.07 Å². The topological polar surface area (TPSA) is 75.2 Å². The number of pyridine rings is 1. The molecule has 2 rings (SSSR count). The first kappa shape index (κ1) is 13.8. The summed E-state index contributed by atoms with van der Waals surface area (Å²) in [6.45, 7) is 9.61. The van der Waals surface area contributed by atoms with Crippen LogP contribution in [0.5, 0.6) is 0 Å². The van der Waals surface area contributed by atoms with E-state index in [1.807, 2.05) is 19.9 Å². The SMILES string of the molecule is Cc1cc(C)c(C(=N)N)c(N2CC(C)OC(C)C2)n1. The molecule has 1 aliphatic rings. The number of rotatable bonds is 2. The molecule has 5 heteroatoms. The van der Waals surface area contributed by atoms with E-state index in [-0.39, 0.29) is 18.0 Å². The summed E-state index contributed by atoms with van der Waals surface area (Å²) in [7, 11) is 0. The number of hydrogen-bond donors (Lipinski definition) is 2. The molecular formula is C14H22N4O. The molecule has 19 heavy (non-hydrogen) atoms. The maximum absolute atomic E-state index is 7.79. The Morgan fingerprint density at radius 3 is 2.47 bits per heavy atom. The van der Waals surface area contributed by atoms with Gasteiger partial charge in [0.1, 0.15) is 11.7 Å². The van der Waals surface area contributed by atoms with E-state index in [9.17, 15) is 0 Å². The van der Waals surface area contributed by atoms with Crippen LogP contribution in [0, 0.1) is 19.3 Å². The molecule has 1 saturated heterocycles. The van der Waals surface area contributed by atoms with Gasteiger partial charge in [-0.25, -0.2) is 4.98 Å². The van der Waals surface area contributed by atoms with Crippen molar-refractivity contribution in [3.05, 3.63) is 22.9 Å². The molecule has 2 atom stereocenters. The smallest absolute Gasteiger partial charge is 0.140 e. The Morgan fingerprint density at radius 2 is 1.95 bits per heavy atom. The van der Waals surface area contributed by atoms with Crippen LogP contribution in [0.4, 0.5) is 5.82 Å². The summed E-state index contributed by atoms with van der Waals surface area (Å²) < 4.78 is 5.74. The van der Waals surface area contributed by atoms with Crippen LogP contribution < -0.4 is 10.6 Å². The monoisotopic (exact) mass is 262 g/mol. The fourth-order valence-electron chi connectivity index (χ4n) is 2.73. The van der Waals surface area contributed by atoms with Crippen molar-refractivity contribution in [2.45, 2.75) is 39.9 Å². The number of anilines is 1. The first-order valence-electron chi connectivity index (χ1n) is 6.61. The van der Waals surface area contributed by atoms with Crippen LogP contribution >= 0.6 is 0 Å². The van der Waals surface area contributed by atoms with Crippen molar-refractivity contribution in [2.24, 2.45) is 5.73 Å². The van der Waals surface area contributed by atoms with Gasteiger partial charge in [-0.2, -0.15) is 0 Å². The highest BCUT2D eigenvalue weighted by atomic mass is 16.5. The molecule has 0 saturated carbocycles. The summed E-state index contributed by atoms with van der Waals surface area (Å²) in [5, 5.41) is 7.79. The number of nitrogens with two attached hydrogens (primary N) is 1. The van der Waals surface area contributed by atoms with E-state index in [0.717, 1.165) is 35.7 Å². The maximum atomic E-state index is 7.79. The molecular weight excluding hydrogens is 240 g/mol. The molecule has 0 aliphatic carbocycles. The molecule has 5 nitrogen and oxygen atoms in total.